The molecule has 2 rings (SSSR count). The summed E-state index contributed by atoms with van der Waals surface area (Å²) < 4.78 is 5.20. The average molecular weight is 209 g/mol. The third-order valence-corrected chi connectivity index (χ3v) is 3.07. The zero-order valence-corrected chi connectivity index (χ0v) is 9.71. The highest BCUT2D eigenvalue weighted by Crippen LogP contribution is 2.57. The van der Waals surface area contributed by atoms with Gasteiger partial charge in [-0.2, -0.15) is 4.98 Å². The number of nitrogens with zero attached hydrogens (tertiary/aromatic N) is 2. The average Bonchev–Trinajstić information content (AvgIpc) is 2.64. The molecule has 1 atom stereocenters. The minimum absolute atomic E-state index is 0.378. The fraction of sp³-hybridized carbons (Fsp3) is 0.818. The van der Waals surface area contributed by atoms with E-state index in [0.717, 1.165) is 31.2 Å². The van der Waals surface area contributed by atoms with Crippen molar-refractivity contribution in [3.8, 4) is 0 Å². The lowest BCUT2D eigenvalue weighted by Gasteiger charge is -1.96. The van der Waals surface area contributed by atoms with Crippen molar-refractivity contribution in [2.24, 2.45) is 5.41 Å². The first-order valence-corrected chi connectivity index (χ1v) is 5.66. The third kappa shape index (κ3) is 2.37. The van der Waals surface area contributed by atoms with E-state index >= 15 is 0 Å². The van der Waals surface area contributed by atoms with Crippen LogP contribution in [0.15, 0.2) is 4.52 Å². The molecule has 0 saturated heterocycles. The first-order chi connectivity index (χ1) is 7.13. The molecule has 1 aliphatic rings. The normalized spacial score (nSPS) is 23.0. The highest BCUT2D eigenvalue weighted by Gasteiger charge is 2.49. The first kappa shape index (κ1) is 10.6. The molecule has 4 heteroatoms. The Morgan fingerprint density at radius 3 is 2.87 bits per heavy atom. The number of aromatic nitrogens is 2. The standard InChI is InChI=1S/C11H19N3O/c1-4-12-6-5-9-13-10(14-15-9)8-7-11(8,2)3/h8,12H,4-7H2,1-3H3. The summed E-state index contributed by atoms with van der Waals surface area (Å²) in [7, 11) is 0. The molecule has 4 nitrogen and oxygen atoms in total. The van der Waals surface area contributed by atoms with Crippen molar-refractivity contribution in [2.45, 2.75) is 39.5 Å². The van der Waals surface area contributed by atoms with E-state index in [1.54, 1.807) is 0 Å². The number of hydrogen-bond acceptors (Lipinski definition) is 4. The van der Waals surface area contributed by atoms with Crippen LogP contribution >= 0.6 is 0 Å². The summed E-state index contributed by atoms with van der Waals surface area (Å²) in [6.07, 6.45) is 2.01. The Kier molecular flexibility index (Phi) is 2.78. The lowest BCUT2D eigenvalue weighted by Crippen LogP contribution is -2.16. The first-order valence-electron chi connectivity index (χ1n) is 5.66. The van der Waals surface area contributed by atoms with Gasteiger partial charge in [0.25, 0.3) is 0 Å². The summed E-state index contributed by atoms with van der Waals surface area (Å²) in [5, 5.41) is 7.28. The Labute approximate surface area is 90.4 Å². The smallest absolute Gasteiger partial charge is 0.227 e. The number of likely N-dealkylation sites (N-methyl/N-ethyl adjacent to an activating group) is 1. The summed E-state index contributed by atoms with van der Waals surface area (Å²) in [4.78, 5) is 4.42. The van der Waals surface area contributed by atoms with Gasteiger partial charge in [-0.3, -0.25) is 0 Å². The predicted molar refractivity (Wildman–Crippen MR) is 57.7 cm³/mol. The molecule has 1 fully saturated rings. The fourth-order valence-electron chi connectivity index (χ4n) is 1.79. The van der Waals surface area contributed by atoms with Gasteiger partial charge in [0.15, 0.2) is 5.82 Å². The monoisotopic (exact) mass is 209 g/mol. The second-order valence-electron chi connectivity index (χ2n) is 4.90. The molecule has 0 aromatic carbocycles. The van der Waals surface area contributed by atoms with E-state index in [4.69, 9.17) is 4.52 Å². The van der Waals surface area contributed by atoms with E-state index in [1.807, 2.05) is 0 Å². The van der Waals surface area contributed by atoms with Gasteiger partial charge in [0.05, 0.1) is 0 Å². The molecule has 1 saturated carbocycles. The Morgan fingerprint density at radius 2 is 2.27 bits per heavy atom. The Hall–Kier alpha value is -0.900. The van der Waals surface area contributed by atoms with E-state index in [0.29, 0.717) is 11.3 Å². The topological polar surface area (TPSA) is 51.0 Å². The molecule has 1 aliphatic carbocycles. The second kappa shape index (κ2) is 3.93. The van der Waals surface area contributed by atoms with E-state index < -0.39 is 0 Å². The van der Waals surface area contributed by atoms with Crippen LogP contribution in [0, 0.1) is 5.41 Å². The van der Waals surface area contributed by atoms with Crippen molar-refractivity contribution >= 4 is 0 Å². The molecule has 0 amide bonds. The third-order valence-electron chi connectivity index (χ3n) is 3.07. The molecule has 0 radical (unpaired) electrons. The maximum Gasteiger partial charge on any atom is 0.227 e. The van der Waals surface area contributed by atoms with Crippen LogP contribution in [0.3, 0.4) is 0 Å². The van der Waals surface area contributed by atoms with Gasteiger partial charge >= 0.3 is 0 Å². The van der Waals surface area contributed by atoms with Gasteiger partial charge < -0.3 is 9.84 Å². The SMILES string of the molecule is CCNCCc1nc(C2CC2(C)C)no1. The summed E-state index contributed by atoms with van der Waals surface area (Å²) in [6, 6.07) is 0. The molecule has 0 bridgehead atoms. The molecule has 84 valence electrons. The van der Waals surface area contributed by atoms with Gasteiger partial charge in [0.2, 0.25) is 5.89 Å². The minimum atomic E-state index is 0.378. The van der Waals surface area contributed by atoms with Crippen molar-refractivity contribution in [1.29, 1.82) is 0 Å². The Balaban J connectivity index is 1.88. The van der Waals surface area contributed by atoms with Crippen LogP contribution in [0.25, 0.3) is 0 Å². The summed E-state index contributed by atoms with van der Waals surface area (Å²) in [5.41, 5.74) is 0.378. The van der Waals surface area contributed by atoms with Crippen molar-refractivity contribution in [3.05, 3.63) is 11.7 Å². The van der Waals surface area contributed by atoms with Crippen molar-refractivity contribution in [1.82, 2.24) is 15.5 Å². The van der Waals surface area contributed by atoms with E-state index in [2.05, 4.69) is 36.2 Å². The molecule has 1 N–H and O–H groups in total. The number of rotatable bonds is 5. The number of nitrogens with one attached hydrogen (secondary N) is 1. The maximum absolute atomic E-state index is 5.20. The molecular formula is C11H19N3O. The van der Waals surface area contributed by atoms with Gasteiger partial charge in [-0.25, -0.2) is 0 Å². The van der Waals surface area contributed by atoms with Crippen molar-refractivity contribution in [3.63, 3.8) is 0 Å². The molecule has 1 aromatic heterocycles. The molecular weight excluding hydrogens is 190 g/mol. The zero-order chi connectivity index (χ0) is 10.9. The summed E-state index contributed by atoms with van der Waals surface area (Å²) >= 11 is 0. The Bertz CT molecular complexity index is 332. The van der Waals surface area contributed by atoms with Crippen LogP contribution in [-0.4, -0.2) is 23.2 Å². The molecule has 1 unspecified atom stereocenters. The molecule has 0 aliphatic heterocycles. The van der Waals surface area contributed by atoms with E-state index in [1.165, 1.54) is 6.42 Å². The highest BCUT2D eigenvalue weighted by atomic mass is 16.5. The maximum atomic E-state index is 5.20. The van der Waals surface area contributed by atoms with Crippen molar-refractivity contribution in [2.75, 3.05) is 13.1 Å². The lowest BCUT2D eigenvalue weighted by molar-refractivity contribution is 0.369. The van der Waals surface area contributed by atoms with Gasteiger partial charge in [0.1, 0.15) is 0 Å². The van der Waals surface area contributed by atoms with Crippen LogP contribution in [0.4, 0.5) is 0 Å². The summed E-state index contributed by atoms with van der Waals surface area (Å²) in [6.45, 7) is 8.47. The van der Waals surface area contributed by atoms with Gasteiger partial charge in [-0.1, -0.05) is 25.9 Å². The number of hydrogen-bond donors (Lipinski definition) is 1. The van der Waals surface area contributed by atoms with E-state index in [-0.39, 0.29) is 0 Å². The Morgan fingerprint density at radius 1 is 1.53 bits per heavy atom. The van der Waals surface area contributed by atoms with Crippen LogP contribution in [0.2, 0.25) is 0 Å². The lowest BCUT2D eigenvalue weighted by atomic mass is 10.1. The largest absolute Gasteiger partial charge is 0.339 e. The van der Waals surface area contributed by atoms with Gasteiger partial charge in [-0.15, -0.1) is 0 Å². The van der Waals surface area contributed by atoms with Crippen LogP contribution < -0.4 is 5.32 Å². The van der Waals surface area contributed by atoms with Crippen LogP contribution in [0.1, 0.15) is 44.8 Å². The molecule has 1 heterocycles. The minimum Gasteiger partial charge on any atom is -0.339 e. The van der Waals surface area contributed by atoms with Crippen molar-refractivity contribution < 1.29 is 4.52 Å². The molecule has 1 aromatic rings. The van der Waals surface area contributed by atoms with Gasteiger partial charge in [0, 0.05) is 18.9 Å². The zero-order valence-electron chi connectivity index (χ0n) is 9.71. The molecule has 15 heavy (non-hydrogen) atoms. The molecule has 0 spiro atoms. The van der Waals surface area contributed by atoms with E-state index in [9.17, 15) is 0 Å². The predicted octanol–water partition coefficient (Wildman–Crippen LogP) is 1.74. The quantitative estimate of drug-likeness (QED) is 0.750. The summed E-state index contributed by atoms with van der Waals surface area (Å²) in [5.74, 6) is 2.16. The van der Waals surface area contributed by atoms with Gasteiger partial charge in [-0.05, 0) is 18.4 Å². The highest BCUT2D eigenvalue weighted by molar-refractivity contribution is 5.14. The van der Waals surface area contributed by atoms with Crippen LogP contribution in [0.5, 0.6) is 0 Å². The van der Waals surface area contributed by atoms with Crippen LogP contribution in [-0.2, 0) is 6.42 Å². The second-order valence-corrected chi connectivity index (χ2v) is 4.90. The fourth-order valence-corrected chi connectivity index (χ4v) is 1.79.